The highest BCUT2D eigenvalue weighted by molar-refractivity contribution is 8.00. The number of nitrogens with one attached hydrogen (secondary N) is 1. The maximum absolute atomic E-state index is 11.8. The molecule has 104 valence electrons. The third-order valence-electron chi connectivity index (χ3n) is 2.83. The summed E-state index contributed by atoms with van der Waals surface area (Å²) in [6.07, 6.45) is 0. The number of carbonyl (C=O) groups is 1. The normalized spacial score (nSPS) is 10.3. The van der Waals surface area contributed by atoms with Crippen LogP contribution in [0.15, 0.2) is 53.4 Å². The lowest BCUT2D eigenvalue weighted by Gasteiger charge is -2.07. The fourth-order valence-electron chi connectivity index (χ4n) is 1.76. The Balaban J connectivity index is 1.80. The number of amides is 1. The zero-order valence-corrected chi connectivity index (χ0v) is 12.8. The molecule has 0 atom stereocenters. The Hall–Kier alpha value is -1.45. The molecule has 0 aromatic heterocycles. The number of aryl methyl sites for hydroxylation is 1. The highest BCUT2D eigenvalue weighted by atomic mass is 35.5. The average Bonchev–Trinajstić information content (AvgIpc) is 2.44. The molecule has 0 aliphatic carbocycles. The predicted molar refractivity (Wildman–Crippen MR) is 85.2 cm³/mol. The topological polar surface area (TPSA) is 29.1 Å². The van der Waals surface area contributed by atoms with Crippen molar-refractivity contribution < 1.29 is 4.79 Å². The van der Waals surface area contributed by atoms with E-state index in [9.17, 15) is 4.79 Å². The maximum atomic E-state index is 11.8. The van der Waals surface area contributed by atoms with Gasteiger partial charge in [-0.05, 0) is 36.2 Å². The van der Waals surface area contributed by atoms with E-state index >= 15 is 0 Å². The summed E-state index contributed by atoms with van der Waals surface area (Å²) in [6.45, 7) is 2.56. The summed E-state index contributed by atoms with van der Waals surface area (Å²) in [6, 6.07) is 15.6. The van der Waals surface area contributed by atoms with Crippen molar-refractivity contribution in [3.05, 3.63) is 64.7 Å². The molecule has 1 amide bonds. The lowest BCUT2D eigenvalue weighted by atomic mass is 10.2. The molecule has 0 fully saturated rings. The smallest absolute Gasteiger partial charge is 0.230 e. The van der Waals surface area contributed by atoms with Gasteiger partial charge < -0.3 is 5.32 Å². The average molecular weight is 306 g/mol. The predicted octanol–water partition coefficient (Wildman–Crippen LogP) is 4.06. The molecule has 20 heavy (non-hydrogen) atoms. The molecule has 4 heteroatoms. The fourth-order valence-corrected chi connectivity index (χ4v) is 2.83. The summed E-state index contributed by atoms with van der Waals surface area (Å²) in [5.74, 6) is 0.448. The minimum Gasteiger partial charge on any atom is -0.351 e. The number of benzene rings is 2. The first kappa shape index (κ1) is 14.9. The molecule has 0 bridgehead atoms. The Morgan fingerprint density at radius 2 is 2.00 bits per heavy atom. The van der Waals surface area contributed by atoms with Crippen molar-refractivity contribution in [1.82, 2.24) is 5.32 Å². The van der Waals surface area contributed by atoms with Crippen molar-refractivity contribution in [2.45, 2.75) is 18.4 Å². The van der Waals surface area contributed by atoms with Crippen molar-refractivity contribution >= 4 is 29.3 Å². The first-order valence-corrected chi connectivity index (χ1v) is 7.71. The van der Waals surface area contributed by atoms with Gasteiger partial charge >= 0.3 is 0 Å². The number of hydrogen-bond donors (Lipinski definition) is 1. The van der Waals surface area contributed by atoms with Gasteiger partial charge in [-0.3, -0.25) is 4.79 Å². The zero-order chi connectivity index (χ0) is 14.4. The van der Waals surface area contributed by atoms with Gasteiger partial charge in [-0.25, -0.2) is 0 Å². The van der Waals surface area contributed by atoms with Crippen LogP contribution < -0.4 is 5.32 Å². The molecule has 0 spiro atoms. The molecule has 1 N–H and O–H groups in total. The van der Waals surface area contributed by atoms with E-state index in [0.717, 1.165) is 10.5 Å². The first-order chi connectivity index (χ1) is 9.65. The van der Waals surface area contributed by atoms with Gasteiger partial charge in [0.25, 0.3) is 0 Å². The van der Waals surface area contributed by atoms with Crippen LogP contribution in [-0.2, 0) is 11.3 Å². The van der Waals surface area contributed by atoms with E-state index in [4.69, 9.17) is 11.6 Å². The zero-order valence-electron chi connectivity index (χ0n) is 11.2. The van der Waals surface area contributed by atoms with Crippen molar-refractivity contribution in [1.29, 1.82) is 0 Å². The molecular formula is C16H16ClNOS. The van der Waals surface area contributed by atoms with Crippen LogP contribution in [0, 0.1) is 6.92 Å². The SMILES string of the molecule is Cc1ccccc1SCC(=O)NCc1cccc(Cl)c1. The van der Waals surface area contributed by atoms with Gasteiger partial charge in [-0.1, -0.05) is 41.9 Å². The standard InChI is InChI=1S/C16H16ClNOS/c1-12-5-2-3-8-15(12)20-11-16(19)18-10-13-6-4-7-14(17)9-13/h2-9H,10-11H2,1H3,(H,18,19). The minimum absolute atomic E-state index is 0.0261. The van der Waals surface area contributed by atoms with Gasteiger partial charge in [-0.15, -0.1) is 11.8 Å². The van der Waals surface area contributed by atoms with Gasteiger partial charge in [0.05, 0.1) is 5.75 Å². The molecule has 2 rings (SSSR count). The van der Waals surface area contributed by atoms with E-state index in [0.29, 0.717) is 17.3 Å². The molecule has 0 unspecified atom stereocenters. The van der Waals surface area contributed by atoms with Crippen molar-refractivity contribution in [3.63, 3.8) is 0 Å². The molecular weight excluding hydrogens is 290 g/mol. The largest absolute Gasteiger partial charge is 0.351 e. The summed E-state index contributed by atoms with van der Waals surface area (Å²) in [5, 5.41) is 3.58. The summed E-state index contributed by atoms with van der Waals surface area (Å²) < 4.78 is 0. The van der Waals surface area contributed by atoms with E-state index in [-0.39, 0.29) is 5.91 Å². The molecule has 0 aliphatic heterocycles. The lowest BCUT2D eigenvalue weighted by Crippen LogP contribution is -2.24. The summed E-state index contributed by atoms with van der Waals surface area (Å²) in [4.78, 5) is 13.0. The first-order valence-electron chi connectivity index (χ1n) is 6.35. The second-order valence-corrected chi connectivity index (χ2v) is 5.91. The third-order valence-corrected chi connectivity index (χ3v) is 4.24. The van der Waals surface area contributed by atoms with Crippen molar-refractivity contribution in [2.75, 3.05) is 5.75 Å². The highest BCUT2D eigenvalue weighted by Gasteiger charge is 2.04. The second-order valence-electron chi connectivity index (χ2n) is 4.46. The van der Waals surface area contributed by atoms with Gasteiger partial charge in [-0.2, -0.15) is 0 Å². The van der Waals surface area contributed by atoms with Gasteiger partial charge in [0.2, 0.25) is 5.91 Å². The number of thioether (sulfide) groups is 1. The van der Waals surface area contributed by atoms with Crippen LogP contribution in [0.3, 0.4) is 0 Å². The summed E-state index contributed by atoms with van der Waals surface area (Å²) in [7, 11) is 0. The van der Waals surface area contributed by atoms with Crippen molar-refractivity contribution in [2.24, 2.45) is 0 Å². The van der Waals surface area contributed by atoms with Crippen LogP contribution in [0.4, 0.5) is 0 Å². The second kappa shape index (κ2) is 7.36. The van der Waals surface area contributed by atoms with Crippen LogP contribution in [0.1, 0.15) is 11.1 Å². The minimum atomic E-state index is 0.0261. The Bertz CT molecular complexity index is 601. The molecule has 0 saturated heterocycles. The van der Waals surface area contributed by atoms with Gasteiger partial charge in [0.1, 0.15) is 0 Å². The van der Waals surface area contributed by atoms with E-state index in [2.05, 4.69) is 5.32 Å². The fraction of sp³-hybridized carbons (Fsp3) is 0.188. The molecule has 2 aromatic rings. The third kappa shape index (κ3) is 4.58. The number of hydrogen-bond acceptors (Lipinski definition) is 2. The van der Waals surface area contributed by atoms with Crippen LogP contribution >= 0.6 is 23.4 Å². The molecule has 0 heterocycles. The molecule has 0 aliphatic rings. The van der Waals surface area contributed by atoms with E-state index < -0.39 is 0 Å². The van der Waals surface area contributed by atoms with Crippen molar-refractivity contribution in [3.8, 4) is 0 Å². The van der Waals surface area contributed by atoms with E-state index in [1.165, 1.54) is 5.56 Å². The van der Waals surface area contributed by atoms with Crippen LogP contribution in [-0.4, -0.2) is 11.7 Å². The van der Waals surface area contributed by atoms with Crippen LogP contribution in [0.25, 0.3) is 0 Å². The molecule has 2 aromatic carbocycles. The quantitative estimate of drug-likeness (QED) is 0.844. The maximum Gasteiger partial charge on any atom is 0.230 e. The molecule has 0 saturated carbocycles. The highest BCUT2D eigenvalue weighted by Crippen LogP contribution is 2.21. The van der Waals surface area contributed by atoms with Crippen LogP contribution in [0.5, 0.6) is 0 Å². The van der Waals surface area contributed by atoms with E-state index in [1.54, 1.807) is 11.8 Å². The molecule has 2 nitrogen and oxygen atoms in total. The Kier molecular flexibility index (Phi) is 5.50. The Labute approximate surface area is 128 Å². The van der Waals surface area contributed by atoms with Crippen LogP contribution in [0.2, 0.25) is 5.02 Å². The van der Waals surface area contributed by atoms with Gasteiger partial charge in [0.15, 0.2) is 0 Å². The number of halogens is 1. The summed E-state index contributed by atoms with van der Waals surface area (Å²) >= 11 is 7.46. The Morgan fingerprint density at radius 3 is 2.75 bits per heavy atom. The summed E-state index contributed by atoms with van der Waals surface area (Å²) in [5.41, 5.74) is 2.20. The monoisotopic (exact) mass is 305 g/mol. The number of rotatable bonds is 5. The number of carbonyl (C=O) groups excluding carboxylic acids is 1. The molecule has 0 radical (unpaired) electrons. The van der Waals surface area contributed by atoms with E-state index in [1.807, 2.05) is 55.5 Å². The lowest BCUT2D eigenvalue weighted by molar-refractivity contribution is -0.118. The van der Waals surface area contributed by atoms with Gasteiger partial charge in [0, 0.05) is 16.5 Å². The Morgan fingerprint density at radius 1 is 1.20 bits per heavy atom.